The second-order valence-corrected chi connectivity index (χ2v) is 3.80. The highest BCUT2D eigenvalue weighted by Crippen LogP contribution is 2.11. The molecule has 14 heavy (non-hydrogen) atoms. The SMILES string of the molecule is CC(C)CNC(CF)c1cccnc1. The Morgan fingerprint density at radius 2 is 2.29 bits per heavy atom. The van der Waals surface area contributed by atoms with Crippen molar-refractivity contribution in [2.45, 2.75) is 19.9 Å². The highest BCUT2D eigenvalue weighted by Gasteiger charge is 2.10. The van der Waals surface area contributed by atoms with Crippen LogP contribution in [0.1, 0.15) is 25.5 Å². The van der Waals surface area contributed by atoms with Crippen molar-refractivity contribution in [1.82, 2.24) is 10.3 Å². The number of hydrogen-bond acceptors (Lipinski definition) is 2. The molecule has 0 aliphatic rings. The third-order valence-electron chi connectivity index (χ3n) is 2.01. The maximum Gasteiger partial charge on any atom is 0.109 e. The Kier molecular flexibility index (Phi) is 4.53. The first kappa shape index (κ1) is 11.1. The quantitative estimate of drug-likeness (QED) is 0.781. The second kappa shape index (κ2) is 5.70. The normalized spacial score (nSPS) is 13.1. The van der Waals surface area contributed by atoms with E-state index in [1.807, 2.05) is 12.1 Å². The van der Waals surface area contributed by atoms with Gasteiger partial charge < -0.3 is 5.32 Å². The van der Waals surface area contributed by atoms with Crippen LogP contribution in [0.4, 0.5) is 4.39 Å². The third kappa shape index (κ3) is 3.42. The lowest BCUT2D eigenvalue weighted by molar-refractivity contribution is 0.367. The molecule has 0 aromatic carbocycles. The maximum absolute atomic E-state index is 12.7. The molecule has 78 valence electrons. The van der Waals surface area contributed by atoms with Gasteiger partial charge in [-0.3, -0.25) is 4.98 Å². The number of hydrogen-bond donors (Lipinski definition) is 1. The zero-order valence-corrected chi connectivity index (χ0v) is 8.70. The molecule has 0 bridgehead atoms. The fourth-order valence-corrected chi connectivity index (χ4v) is 1.22. The van der Waals surface area contributed by atoms with Crippen molar-refractivity contribution < 1.29 is 4.39 Å². The Morgan fingerprint density at radius 1 is 1.50 bits per heavy atom. The number of pyridine rings is 1. The standard InChI is InChI=1S/C11H17FN2/c1-9(2)7-14-11(6-12)10-4-3-5-13-8-10/h3-5,8-9,11,14H,6-7H2,1-2H3. The Hall–Kier alpha value is -0.960. The average Bonchev–Trinajstić information content (AvgIpc) is 2.20. The smallest absolute Gasteiger partial charge is 0.109 e. The van der Waals surface area contributed by atoms with E-state index in [0.29, 0.717) is 5.92 Å². The van der Waals surface area contributed by atoms with Crippen LogP contribution < -0.4 is 5.32 Å². The first-order chi connectivity index (χ1) is 6.74. The van der Waals surface area contributed by atoms with Crippen LogP contribution in [0, 0.1) is 5.92 Å². The summed E-state index contributed by atoms with van der Waals surface area (Å²) in [6, 6.07) is 3.51. The number of aromatic nitrogens is 1. The van der Waals surface area contributed by atoms with Crippen molar-refractivity contribution in [1.29, 1.82) is 0 Å². The summed E-state index contributed by atoms with van der Waals surface area (Å²) < 4.78 is 12.7. The Labute approximate surface area is 84.6 Å². The molecule has 0 aliphatic carbocycles. The number of rotatable bonds is 5. The molecular weight excluding hydrogens is 179 g/mol. The Balaban J connectivity index is 2.54. The monoisotopic (exact) mass is 196 g/mol. The zero-order chi connectivity index (χ0) is 10.4. The van der Waals surface area contributed by atoms with E-state index in [1.165, 1.54) is 0 Å². The summed E-state index contributed by atoms with van der Waals surface area (Å²) in [5, 5.41) is 3.17. The molecule has 1 atom stereocenters. The van der Waals surface area contributed by atoms with Crippen molar-refractivity contribution in [3.8, 4) is 0 Å². The maximum atomic E-state index is 12.7. The number of alkyl halides is 1. The van der Waals surface area contributed by atoms with Gasteiger partial charge in [-0.05, 0) is 24.1 Å². The van der Waals surface area contributed by atoms with E-state index < -0.39 is 6.67 Å². The minimum absolute atomic E-state index is 0.217. The first-order valence-electron chi connectivity index (χ1n) is 4.93. The molecule has 0 fully saturated rings. The topological polar surface area (TPSA) is 24.9 Å². The first-order valence-corrected chi connectivity index (χ1v) is 4.93. The van der Waals surface area contributed by atoms with Crippen molar-refractivity contribution in [3.63, 3.8) is 0 Å². The molecule has 0 radical (unpaired) electrons. The van der Waals surface area contributed by atoms with Gasteiger partial charge in [0.05, 0.1) is 6.04 Å². The summed E-state index contributed by atoms with van der Waals surface area (Å²) in [7, 11) is 0. The van der Waals surface area contributed by atoms with Gasteiger partial charge in [0, 0.05) is 12.4 Å². The summed E-state index contributed by atoms with van der Waals surface area (Å²) in [4.78, 5) is 3.97. The lowest BCUT2D eigenvalue weighted by Crippen LogP contribution is -2.26. The van der Waals surface area contributed by atoms with Gasteiger partial charge in [-0.25, -0.2) is 4.39 Å². The summed E-state index contributed by atoms with van der Waals surface area (Å²) >= 11 is 0. The van der Waals surface area contributed by atoms with Crippen LogP contribution in [0.15, 0.2) is 24.5 Å². The Morgan fingerprint density at radius 3 is 2.79 bits per heavy atom. The van der Waals surface area contributed by atoms with Gasteiger partial charge in [0.15, 0.2) is 0 Å². The van der Waals surface area contributed by atoms with Crippen LogP contribution in [-0.4, -0.2) is 18.2 Å². The molecule has 3 heteroatoms. The van der Waals surface area contributed by atoms with E-state index in [2.05, 4.69) is 24.1 Å². The van der Waals surface area contributed by atoms with E-state index in [-0.39, 0.29) is 6.04 Å². The fraction of sp³-hybridized carbons (Fsp3) is 0.545. The number of halogens is 1. The lowest BCUT2D eigenvalue weighted by Gasteiger charge is -2.16. The molecular formula is C11H17FN2. The van der Waals surface area contributed by atoms with Crippen molar-refractivity contribution in [3.05, 3.63) is 30.1 Å². The van der Waals surface area contributed by atoms with Gasteiger partial charge in [-0.1, -0.05) is 19.9 Å². The highest BCUT2D eigenvalue weighted by atomic mass is 19.1. The van der Waals surface area contributed by atoms with Crippen molar-refractivity contribution in [2.75, 3.05) is 13.2 Å². The van der Waals surface area contributed by atoms with E-state index in [9.17, 15) is 4.39 Å². The van der Waals surface area contributed by atoms with E-state index in [4.69, 9.17) is 0 Å². The predicted octanol–water partition coefficient (Wildman–Crippen LogP) is 2.34. The van der Waals surface area contributed by atoms with Gasteiger partial charge in [0.2, 0.25) is 0 Å². The van der Waals surface area contributed by atoms with E-state index >= 15 is 0 Å². The van der Waals surface area contributed by atoms with Gasteiger partial charge in [0.25, 0.3) is 0 Å². The average molecular weight is 196 g/mol. The molecule has 1 rings (SSSR count). The van der Waals surface area contributed by atoms with Crippen LogP contribution in [0.5, 0.6) is 0 Å². The molecule has 0 amide bonds. The molecule has 0 saturated carbocycles. The van der Waals surface area contributed by atoms with E-state index in [0.717, 1.165) is 12.1 Å². The fourth-order valence-electron chi connectivity index (χ4n) is 1.22. The van der Waals surface area contributed by atoms with Crippen LogP contribution >= 0.6 is 0 Å². The third-order valence-corrected chi connectivity index (χ3v) is 2.01. The molecule has 0 aliphatic heterocycles. The van der Waals surface area contributed by atoms with Gasteiger partial charge in [-0.2, -0.15) is 0 Å². The molecule has 1 aromatic rings. The van der Waals surface area contributed by atoms with Crippen molar-refractivity contribution >= 4 is 0 Å². The lowest BCUT2D eigenvalue weighted by atomic mass is 10.1. The highest BCUT2D eigenvalue weighted by molar-refractivity contribution is 5.13. The largest absolute Gasteiger partial charge is 0.307 e. The van der Waals surface area contributed by atoms with Crippen molar-refractivity contribution in [2.24, 2.45) is 5.92 Å². The van der Waals surface area contributed by atoms with Crippen LogP contribution in [0.25, 0.3) is 0 Å². The van der Waals surface area contributed by atoms with Crippen LogP contribution in [0.3, 0.4) is 0 Å². The van der Waals surface area contributed by atoms with Crippen LogP contribution in [0.2, 0.25) is 0 Å². The summed E-state index contributed by atoms with van der Waals surface area (Å²) in [6.45, 7) is 4.64. The molecule has 1 unspecified atom stereocenters. The van der Waals surface area contributed by atoms with Gasteiger partial charge >= 0.3 is 0 Å². The number of nitrogens with zero attached hydrogens (tertiary/aromatic N) is 1. The molecule has 0 spiro atoms. The van der Waals surface area contributed by atoms with E-state index in [1.54, 1.807) is 12.4 Å². The Bertz CT molecular complexity index is 249. The van der Waals surface area contributed by atoms with Gasteiger partial charge in [-0.15, -0.1) is 0 Å². The summed E-state index contributed by atoms with van der Waals surface area (Å²) in [6.07, 6.45) is 3.40. The zero-order valence-electron chi connectivity index (χ0n) is 8.70. The predicted molar refractivity (Wildman–Crippen MR) is 55.8 cm³/mol. The molecule has 0 saturated heterocycles. The van der Waals surface area contributed by atoms with Crippen LogP contribution in [-0.2, 0) is 0 Å². The minimum atomic E-state index is -0.390. The molecule has 1 aromatic heterocycles. The summed E-state index contributed by atoms with van der Waals surface area (Å²) in [5.74, 6) is 0.528. The molecule has 2 nitrogen and oxygen atoms in total. The van der Waals surface area contributed by atoms with Gasteiger partial charge in [0.1, 0.15) is 6.67 Å². The summed E-state index contributed by atoms with van der Waals surface area (Å²) in [5.41, 5.74) is 0.913. The minimum Gasteiger partial charge on any atom is -0.307 e. The molecule has 1 heterocycles. The molecule has 1 N–H and O–H groups in total. The second-order valence-electron chi connectivity index (χ2n) is 3.80. The number of nitrogens with one attached hydrogen (secondary N) is 1.